The van der Waals surface area contributed by atoms with E-state index in [0.29, 0.717) is 25.6 Å². The van der Waals surface area contributed by atoms with E-state index in [-0.39, 0.29) is 12.5 Å². The minimum atomic E-state index is -0.579. The number of hydrogen-bond donors (Lipinski definition) is 1. The van der Waals surface area contributed by atoms with Crippen LogP contribution in [0.1, 0.15) is 40.0 Å². The Morgan fingerprint density at radius 2 is 1.95 bits per heavy atom. The quantitative estimate of drug-likeness (QED) is 0.778. The fraction of sp³-hybridized carbons (Fsp3) is 0.867. The summed E-state index contributed by atoms with van der Waals surface area (Å²) in [6.07, 6.45) is 3.12. The van der Waals surface area contributed by atoms with E-state index in [2.05, 4.69) is 5.32 Å². The van der Waals surface area contributed by atoms with Crippen LogP contribution in [0.25, 0.3) is 0 Å². The van der Waals surface area contributed by atoms with Gasteiger partial charge in [-0.1, -0.05) is 6.42 Å². The lowest BCUT2D eigenvalue weighted by atomic mass is 9.85. The summed E-state index contributed by atoms with van der Waals surface area (Å²) < 4.78 is 10.3. The smallest absolute Gasteiger partial charge is 0.410 e. The highest BCUT2D eigenvalue weighted by molar-refractivity contribution is 5.82. The van der Waals surface area contributed by atoms with Gasteiger partial charge in [-0.25, -0.2) is 4.79 Å². The fourth-order valence-electron chi connectivity index (χ4n) is 1.95. The lowest BCUT2D eigenvalue weighted by Crippen LogP contribution is -2.45. The van der Waals surface area contributed by atoms with E-state index in [4.69, 9.17) is 9.47 Å². The highest BCUT2D eigenvalue weighted by Crippen LogP contribution is 2.25. The van der Waals surface area contributed by atoms with Gasteiger partial charge in [0.15, 0.2) is 0 Å². The van der Waals surface area contributed by atoms with Crippen LogP contribution in [-0.4, -0.2) is 55.9 Å². The number of rotatable bonds is 7. The van der Waals surface area contributed by atoms with Crippen LogP contribution in [0.5, 0.6) is 0 Å². The van der Waals surface area contributed by atoms with Crippen LogP contribution in [-0.2, 0) is 14.3 Å². The van der Waals surface area contributed by atoms with Crippen LogP contribution >= 0.6 is 0 Å². The van der Waals surface area contributed by atoms with Gasteiger partial charge in [0.2, 0.25) is 5.91 Å². The second-order valence-electron chi connectivity index (χ2n) is 6.50. The lowest BCUT2D eigenvalue weighted by molar-refractivity contribution is -0.122. The number of amides is 2. The summed E-state index contributed by atoms with van der Waals surface area (Å²) in [5.74, 6) is 0.451. The Kier molecular flexibility index (Phi) is 6.95. The molecule has 2 amide bonds. The molecule has 1 aliphatic rings. The van der Waals surface area contributed by atoms with Gasteiger partial charge in [-0.15, -0.1) is 0 Å². The highest BCUT2D eigenvalue weighted by atomic mass is 16.6. The van der Waals surface area contributed by atoms with Gasteiger partial charge in [-0.2, -0.15) is 0 Å². The van der Waals surface area contributed by atoms with E-state index in [1.807, 2.05) is 0 Å². The summed E-state index contributed by atoms with van der Waals surface area (Å²) in [5, 5.41) is 2.88. The third-order valence-corrected chi connectivity index (χ3v) is 3.36. The molecule has 0 atom stereocenters. The molecule has 1 saturated carbocycles. The average Bonchev–Trinajstić information content (AvgIpc) is 2.30. The van der Waals surface area contributed by atoms with Gasteiger partial charge in [-0.05, 0) is 39.5 Å². The first kappa shape index (κ1) is 17.8. The van der Waals surface area contributed by atoms with Gasteiger partial charge in [-0.3, -0.25) is 9.69 Å². The Labute approximate surface area is 127 Å². The number of carbonyl (C=O) groups is 2. The number of methoxy groups -OCH3 is 1. The molecule has 122 valence electrons. The summed E-state index contributed by atoms with van der Waals surface area (Å²) in [4.78, 5) is 25.4. The van der Waals surface area contributed by atoms with Crippen molar-refractivity contribution in [1.82, 2.24) is 10.2 Å². The molecule has 0 aromatic carbocycles. The Morgan fingerprint density at radius 3 is 2.43 bits per heavy atom. The first-order valence-corrected chi connectivity index (χ1v) is 7.55. The van der Waals surface area contributed by atoms with Crippen molar-refractivity contribution in [2.24, 2.45) is 5.92 Å². The molecule has 0 unspecified atom stereocenters. The monoisotopic (exact) mass is 300 g/mol. The summed E-state index contributed by atoms with van der Waals surface area (Å²) in [6.45, 7) is 6.82. The Hall–Kier alpha value is -1.30. The molecule has 1 aliphatic carbocycles. The zero-order valence-corrected chi connectivity index (χ0v) is 13.6. The number of nitrogens with one attached hydrogen (secondary N) is 1. The van der Waals surface area contributed by atoms with E-state index < -0.39 is 11.7 Å². The zero-order chi connectivity index (χ0) is 15.9. The topological polar surface area (TPSA) is 67.9 Å². The maximum Gasteiger partial charge on any atom is 0.410 e. The average molecular weight is 300 g/mol. The lowest BCUT2D eigenvalue weighted by Gasteiger charge is -2.28. The van der Waals surface area contributed by atoms with Gasteiger partial charge in [0.1, 0.15) is 12.1 Å². The van der Waals surface area contributed by atoms with Gasteiger partial charge in [0.05, 0.1) is 6.61 Å². The van der Waals surface area contributed by atoms with E-state index in [1.54, 1.807) is 27.9 Å². The van der Waals surface area contributed by atoms with Gasteiger partial charge < -0.3 is 14.8 Å². The van der Waals surface area contributed by atoms with E-state index >= 15 is 0 Å². The molecule has 0 heterocycles. The molecule has 0 spiro atoms. The van der Waals surface area contributed by atoms with Crippen LogP contribution in [0.15, 0.2) is 0 Å². The number of nitrogens with zero attached hydrogens (tertiary/aromatic N) is 1. The normalized spacial score (nSPS) is 15.2. The zero-order valence-electron chi connectivity index (χ0n) is 13.6. The van der Waals surface area contributed by atoms with Crippen molar-refractivity contribution in [3.8, 4) is 0 Å². The van der Waals surface area contributed by atoms with Gasteiger partial charge in [0, 0.05) is 20.2 Å². The fourth-order valence-corrected chi connectivity index (χ4v) is 1.95. The second kappa shape index (κ2) is 8.22. The molecular weight excluding hydrogens is 272 g/mol. The van der Waals surface area contributed by atoms with Crippen molar-refractivity contribution in [2.75, 3.05) is 33.4 Å². The van der Waals surface area contributed by atoms with Crippen molar-refractivity contribution < 1.29 is 19.1 Å². The molecule has 0 aromatic heterocycles. The molecule has 0 bridgehead atoms. The van der Waals surface area contributed by atoms with Crippen molar-refractivity contribution in [3.05, 3.63) is 0 Å². The summed E-state index contributed by atoms with van der Waals surface area (Å²) >= 11 is 0. The molecule has 1 fully saturated rings. The molecule has 6 nitrogen and oxygen atoms in total. The Morgan fingerprint density at radius 1 is 1.29 bits per heavy atom. The van der Waals surface area contributed by atoms with Crippen LogP contribution < -0.4 is 5.32 Å². The van der Waals surface area contributed by atoms with Gasteiger partial charge >= 0.3 is 6.09 Å². The highest BCUT2D eigenvalue weighted by Gasteiger charge is 2.24. The first-order chi connectivity index (χ1) is 9.81. The minimum absolute atomic E-state index is 0.00495. The van der Waals surface area contributed by atoms with Crippen molar-refractivity contribution in [1.29, 1.82) is 0 Å². The molecule has 0 saturated heterocycles. The van der Waals surface area contributed by atoms with Crippen LogP contribution in [0.4, 0.5) is 4.79 Å². The minimum Gasteiger partial charge on any atom is -0.444 e. The third kappa shape index (κ3) is 7.32. The van der Waals surface area contributed by atoms with E-state index in [1.165, 1.54) is 24.2 Å². The standard InChI is InChI=1S/C15H28N2O4/c1-15(2,3)21-14(19)17(8-9-20-4)11-13(18)16-10-12-6-5-7-12/h12H,5-11H2,1-4H3,(H,16,18). The van der Waals surface area contributed by atoms with Crippen LogP contribution in [0.2, 0.25) is 0 Å². The van der Waals surface area contributed by atoms with E-state index in [9.17, 15) is 9.59 Å². The third-order valence-electron chi connectivity index (χ3n) is 3.36. The molecular formula is C15H28N2O4. The number of ether oxygens (including phenoxy) is 2. The maximum atomic E-state index is 12.1. The maximum absolute atomic E-state index is 12.1. The predicted molar refractivity (Wildman–Crippen MR) is 80.0 cm³/mol. The number of hydrogen-bond acceptors (Lipinski definition) is 4. The van der Waals surface area contributed by atoms with Crippen LogP contribution in [0.3, 0.4) is 0 Å². The molecule has 0 radical (unpaired) electrons. The molecule has 0 aliphatic heterocycles. The second-order valence-corrected chi connectivity index (χ2v) is 6.50. The predicted octanol–water partition coefficient (Wildman–Crippen LogP) is 1.79. The number of carbonyl (C=O) groups excluding carboxylic acids is 2. The summed E-state index contributed by atoms with van der Waals surface area (Å²) in [7, 11) is 1.56. The molecule has 1 rings (SSSR count). The Balaban J connectivity index is 2.43. The molecule has 21 heavy (non-hydrogen) atoms. The van der Waals surface area contributed by atoms with E-state index in [0.717, 1.165) is 0 Å². The van der Waals surface area contributed by atoms with Gasteiger partial charge in [0.25, 0.3) is 0 Å². The largest absolute Gasteiger partial charge is 0.444 e. The summed E-state index contributed by atoms with van der Waals surface area (Å²) in [5.41, 5.74) is -0.579. The SMILES string of the molecule is COCCN(CC(=O)NCC1CCC1)C(=O)OC(C)(C)C. The van der Waals surface area contributed by atoms with Crippen molar-refractivity contribution >= 4 is 12.0 Å². The molecule has 0 aromatic rings. The summed E-state index contributed by atoms with van der Waals surface area (Å²) in [6, 6.07) is 0. The van der Waals surface area contributed by atoms with Crippen molar-refractivity contribution in [3.63, 3.8) is 0 Å². The Bertz CT molecular complexity index is 348. The molecule has 6 heteroatoms. The van der Waals surface area contributed by atoms with Crippen LogP contribution in [0, 0.1) is 5.92 Å². The van der Waals surface area contributed by atoms with Crippen molar-refractivity contribution in [2.45, 2.75) is 45.6 Å². The molecule has 1 N–H and O–H groups in total. The first-order valence-electron chi connectivity index (χ1n) is 7.55.